The maximum absolute atomic E-state index is 6.11. The maximum atomic E-state index is 6.11. The molecule has 0 N–H and O–H groups in total. The summed E-state index contributed by atoms with van der Waals surface area (Å²) >= 11 is 6.11. The summed E-state index contributed by atoms with van der Waals surface area (Å²) in [6.07, 6.45) is 1.51. The summed E-state index contributed by atoms with van der Waals surface area (Å²) in [5.41, 5.74) is 2.17. The molecule has 5 heteroatoms. The molecule has 4 nitrogen and oxygen atoms in total. The predicted octanol–water partition coefficient (Wildman–Crippen LogP) is 2.54. The third kappa shape index (κ3) is 1.88. The van der Waals surface area contributed by atoms with Gasteiger partial charge in [-0.3, -0.25) is 0 Å². The van der Waals surface area contributed by atoms with Gasteiger partial charge >= 0.3 is 0 Å². The van der Waals surface area contributed by atoms with Crippen molar-refractivity contribution in [2.24, 2.45) is 0 Å². The molecule has 0 radical (unpaired) electrons. The van der Waals surface area contributed by atoms with Gasteiger partial charge in [-0.1, -0.05) is 41.9 Å². The molecule has 2 heterocycles. The average molecular weight is 261 g/mol. The number of benzene rings is 1. The van der Waals surface area contributed by atoms with E-state index in [0.29, 0.717) is 5.15 Å². The molecule has 0 saturated heterocycles. The Kier molecular flexibility index (Phi) is 2.80. The molecule has 0 atom stereocenters. The summed E-state index contributed by atoms with van der Waals surface area (Å²) < 4.78 is 0. The van der Waals surface area contributed by atoms with E-state index in [1.165, 1.54) is 11.9 Å². The Labute approximate surface area is 111 Å². The van der Waals surface area contributed by atoms with Crippen LogP contribution in [0.25, 0.3) is 0 Å². The summed E-state index contributed by atoms with van der Waals surface area (Å²) in [6, 6.07) is 10.3. The number of halogens is 1. The van der Waals surface area contributed by atoms with Crippen molar-refractivity contribution in [1.82, 2.24) is 9.97 Å². The number of rotatable bonds is 2. The molecular weight excluding hydrogens is 248 g/mol. The molecule has 0 aliphatic carbocycles. The van der Waals surface area contributed by atoms with Gasteiger partial charge in [0.2, 0.25) is 0 Å². The zero-order chi connectivity index (χ0) is 12.5. The van der Waals surface area contributed by atoms with Crippen LogP contribution in [0.3, 0.4) is 0 Å². The van der Waals surface area contributed by atoms with Crippen LogP contribution in [0, 0.1) is 0 Å². The number of fused-ring (bicyclic) bond motifs is 1. The molecule has 92 valence electrons. The van der Waals surface area contributed by atoms with Crippen LogP contribution in [-0.2, 0) is 6.54 Å². The van der Waals surface area contributed by atoms with E-state index in [4.69, 9.17) is 11.6 Å². The Bertz CT molecular complexity index is 558. The quantitative estimate of drug-likeness (QED) is 0.777. The molecular formula is C13H13ClN4. The molecule has 0 unspecified atom stereocenters. The van der Waals surface area contributed by atoms with Crippen LogP contribution in [0.5, 0.6) is 0 Å². The second kappa shape index (κ2) is 4.46. The van der Waals surface area contributed by atoms with E-state index < -0.39 is 0 Å². The molecule has 0 amide bonds. The van der Waals surface area contributed by atoms with Crippen LogP contribution in [0.2, 0.25) is 5.15 Å². The Morgan fingerprint density at radius 1 is 1.22 bits per heavy atom. The minimum atomic E-state index is 0.512. The highest BCUT2D eigenvalue weighted by Gasteiger charge is 2.27. The van der Waals surface area contributed by atoms with Crippen LogP contribution in [-0.4, -0.2) is 23.7 Å². The number of anilines is 2. The molecule has 1 aromatic carbocycles. The van der Waals surface area contributed by atoms with Gasteiger partial charge in [0.25, 0.3) is 0 Å². The monoisotopic (exact) mass is 260 g/mol. The second-order valence-corrected chi connectivity index (χ2v) is 4.72. The first kappa shape index (κ1) is 11.3. The van der Waals surface area contributed by atoms with E-state index in [1.54, 1.807) is 0 Å². The number of hydrogen-bond donors (Lipinski definition) is 0. The Balaban J connectivity index is 1.92. The number of nitrogens with zero attached hydrogens (tertiary/aromatic N) is 4. The average Bonchev–Trinajstić information content (AvgIpc) is 2.69. The van der Waals surface area contributed by atoms with Gasteiger partial charge in [-0.05, 0) is 5.56 Å². The van der Waals surface area contributed by atoms with Crippen LogP contribution in [0.15, 0.2) is 36.7 Å². The molecule has 0 spiro atoms. The zero-order valence-corrected chi connectivity index (χ0v) is 10.8. The van der Waals surface area contributed by atoms with Gasteiger partial charge in [0.15, 0.2) is 11.0 Å². The van der Waals surface area contributed by atoms with Crippen molar-refractivity contribution in [3.8, 4) is 0 Å². The zero-order valence-electron chi connectivity index (χ0n) is 10.0. The lowest BCUT2D eigenvalue weighted by Crippen LogP contribution is -2.27. The highest BCUT2D eigenvalue weighted by molar-refractivity contribution is 6.32. The molecule has 0 bridgehead atoms. The van der Waals surface area contributed by atoms with Crippen LogP contribution >= 0.6 is 11.6 Å². The summed E-state index contributed by atoms with van der Waals surface area (Å²) in [6.45, 7) is 1.61. The van der Waals surface area contributed by atoms with Crippen molar-refractivity contribution in [2.45, 2.75) is 6.54 Å². The van der Waals surface area contributed by atoms with Gasteiger partial charge in [0, 0.05) is 13.6 Å². The predicted molar refractivity (Wildman–Crippen MR) is 72.9 cm³/mol. The van der Waals surface area contributed by atoms with Crippen LogP contribution in [0.1, 0.15) is 5.56 Å². The normalized spacial score (nSPS) is 13.9. The fourth-order valence-electron chi connectivity index (χ4n) is 2.23. The van der Waals surface area contributed by atoms with E-state index in [2.05, 4.69) is 31.9 Å². The molecule has 1 aliphatic rings. The lowest BCUT2D eigenvalue weighted by Gasteiger charge is -2.18. The fourth-order valence-corrected chi connectivity index (χ4v) is 2.50. The van der Waals surface area contributed by atoms with Crippen molar-refractivity contribution < 1.29 is 0 Å². The first-order valence-electron chi connectivity index (χ1n) is 5.76. The molecule has 0 fully saturated rings. The summed E-state index contributed by atoms with van der Waals surface area (Å²) in [7, 11) is 2.00. The third-order valence-electron chi connectivity index (χ3n) is 3.04. The van der Waals surface area contributed by atoms with Gasteiger partial charge in [0.1, 0.15) is 12.0 Å². The van der Waals surface area contributed by atoms with Crippen molar-refractivity contribution in [1.29, 1.82) is 0 Å². The highest BCUT2D eigenvalue weighted by Crippen LogP contribution is 2.37. The first-order chi connectivity index (χ1) is 8.75. The summed E-state index contributed by atoms with van der Waals surface area (Å²) in [5, 5.41) is 0.512. The van der Waals surface area contributed by atoms with E-state index in [0.717, 1.165) is 24.7 Å². The summed E-state index contributed by atoms with van der Waals surface area (Å²) in [5.74, 6) is 0.904. The third-order valence-corrected chi connectivity index (χ3v) is 3.32. The minimum absolute atomic E-state index is 0.512. The standard InChI is InChI=1S/C13H13ClN4/c1-17-9-18(7-10-5-3-2-4-6-10)13-11(17)12(14)15-8-16-13/h2-6,8H,7,9H2,1H3. The second-order valence-electron chi connectivity index (χ2n) is 4.36. The minimum Gasteiger partial charge on any atom is -0.351 e. The molecule has 1 aliphatic heterocycles. The SMILES string of the molecule is CN1CN(Cc2ccccc2)c2ncnc(Cl)c21. The van der Waals surface area contributed by atoms with E-state index in [1.807, 2.05) is 25.2 Å². The van der Waals surface area contributed by atoms with Crippen LogP contribution < -0.4 is 9.80 Å². The maximum Gasteiger partial charge on any atom is 0.159 e. The topological polar surface area (TPSA) is 32.3 Å². The van der Waals surface area contributed by atoms with Crippen molar-refractivity contribution in [3.05, 3.63) is 47.4 Å². The smallest absolute Gasteiger partial charge is 0.159 e. The fraction of sp³-hybridized carbons (Fsp3) is 0.231. The van der Waals surface area contributed by atoms with E-state index >= 15 is 0 Å². The lowest BCUT2D eigenvalue weighted by molar-refractivity contribution is 0.807. The van der Waals surface area contributed by atoms with Gasteiger partial charge in [-0.25, -0.2) is 9.97 Å². The van der Waals surface area contributed by atoms with Gasteiger partial charge in [-0.2, -0.15) is 0 Å². The molecule has 2 aromatic rings. The molecule has 0 saturated carbocycles. The van der Waals surface area contributed by atoms with Gasteiger partial charge < -0.3 is 9.80 Å². The number of hydrogen-bond acceptors (Lipinski definition) is 4. The van der Waals surface area contributed by atoms with Crippen molar-refractivity contribution >= 4 is 23.1 Å². The molecule has 1 aromatic heterocycles. The van der Waals surface area contributed by atoms with Crippen molar-refractivity contribution in [3.63, 3.8) is 0 Å². The molecule has 18 heavy (non-hydrogen) atoms. The van der Waals surface area contributed by atoms with Gasteiger partial charge in [-0.15, -0.1) is 0 Å². The lowest BCUT2D eigenvalue weighted by atomic mass is 10.2. The Morgan fingerprint density at radius 2 is 2.00 bits per heavy atom. The van der Waals surface area contributed by atoms with E-state index in [9.17, 15) is 0 Å². The van der Waals surface area contributed by atoms with Gasteiger partial charge in [0.05, 0.1) is 6.67 Å². The number of aromatic nitrogens is 2. The first-order valence-corrected chi connectivity index (χ1v) is 6.14. The largest absolute Gasteiger partial charge is 0.351 e. The highest BCUT2D eigenvalue weighted by atomic mass is 35.5. The Hall–Kier alpha value is -1.81. The van der Waals surface area contributed by atoms with E-state index in [-0.39, 0.29) is 0 Å². The van der Waals surface area contributed by atoms with Crippen molar-refractivity contribution in [2.75, 3.05) is 23.5 Å². The summed E-state index contributed by atoms with van der Waals surface area (Å²) in [4.78, 5) is 12.6. The van der Waals surface area contributed by atoms with Crippen LogP contribution in [0.4, 0.5) is 11.5 Å². The molecule has 3 rings (SSSR count). The Morgan fingerprint density at radius 3 is 2.78 bits per heavy atom.